The molecule has 2 aromatic heterocycles. The summed E-state index contributed by atoms with van der Waals surface area (Å²) in [7, 11) is 0. The Morgan fingerprint density at radius 3 is 3.00 bits per heavy atom. The molecule has 2 aliphatic rings. The summed E-state index contributed by atoms with van der Waals surface area (Å²) in [5, 5.41) is 6.35. The molecule has 0 spiro atoms. The third kappa shape index (κ3) is 2.81. The average Bonchev–Trinajstić information content (AvgIpc) is 3.20. The number of hydrogen-bond acceptors (Lipinski definition) is 3. The van der Waals surface area contributed by atoms with Gasteiger partial charge in [0, 0.05) is 48.4 Å². The first-order valence-electron chi connectivity index (χ1n) is 8.43. The summed E-state index contributed by atoms with van der Waals surface area (Å²) in [6.45, 7) is 2.87. The molecule has 2 aromatic rings. The number of carbonyl (C=O) groups is 1. The molecule has 2 aliphatic heterocycles. The molecule has 0 saturated carbocycles. The minimum Gasteiger partial charge on any atom is -0.358 e. The number of fused-ring (bicyclic) bond motifs is 1. The van der Waals surface area contributed by atoms with Crippen molar-refractivity contribution in [1.29, 1.82) is 0 Å². The Hall–Kier alpha value is -2.58. The van der Waals surface area contributed by atoms with Crippen LogP contribution in [0, 0.1) is 11.8 Å². The van der Waals surface area contributed by atoms with Crippen molar-refractivity contribution in [2.75, 3.05) is 6.54 Å². The summed E-state index contributed by atoms with van der Waals surface area (Å²) in [5.41, 5.74) is 4.54. The second kappa shape index (κ2) is 6.14. The normalized spacial score (nSPS) is 22.5. The molecule has 1 saturated heterocycles. The van der Waals surface area contributed by atoms with Gasteiger partial charge < -0.3 is 15.6 Å². The topological polar surface area (TPSA) is 69.8 Å². The predicted octanol–water partition coefficient (Wildman–Crippen LogP) is 1.85. The van der Waals surface area contributed by atoms with Crippen molar-refractivity contribution < 1.29 is 4.79 Å². The van der Waals surface area contributed by atoms with Crippen LogP contribution >= 0.6 is 0 Å². The summed E-state index contributed by atoms with van der Waals surface area (Å²) < 4.78 is 0. The van der Waals surface area contributed by atoms with Gasteiger partial charge in [-0.3, -0.25) is 9.78 Å². The van der Waals surface area contributed by atoms with Crippen LogP contribution in [0.2, 0.25) is 0 Å². The smallest absolute Gasteiger partial charge is 0.253 e. The highest BCUT2D eigenvalue weighted by atomic mass is 16.1. The fourth-order valence-corrected chi connectivity index (χ4v) is 3.37. The lowest BCUT2D eigenvalue weighted by molar-refractivity contribution is 0.0946. The molecule has 1 fully saturated rings. The molecular weight excluding hydrogens is 300 g/mol. The average molecular weight is 320 g/mol. The largest absolute Gasteiger partial charge is 0.358 e. The van der Waals surface area contributed by atoms with Crippen molar-refractivity contribution in [3.8, 4) is 23.1 Å². The number of rotatable bonds is 1. The zero-order chi connectivity index (χ0) is 16.5. The molecule has 0 aliphatic carbocycles. The van der Waals surface area contributed by atoms with Gasteiger partial charge in [0.1, 0.15) is 0 Å². The Morgan fingerprint density at radius 2 is 2.21 bits per heavy atom. The van der Waals surface area contributed by atoms with Crippen LogP contribution in [0.25, 0.3) is 11.3 Å². The van der Waals surface area contributed by atoms with Crippen LogP contribution in [0.4, 0.5) is 0 Å². The third-order valence-electron chi connectivity index (χ3n) is 4.67. The lowest BCUT2D eigenvalue weighted by Crippen LogP contribution is -2.31. The van der Waals surface area contributed by atoms with E-state index in [1.165, 1.54) is 0 Å². The van der Waals surface area contributed by atoms with Crippen molar-refractivity contribution in [3.05, 3.63) is 41.3 Å². The molecule has 0 bridgehead atoms. The van der Waals surface area contributed by atoms with Crippen LogP contribution in [0.1, 0.15) is 41.4 Å². The predicted molar refractivity (Wildman–Crippen MR) is 92.6 cm³/mol. The molecule has 24 heavy (non-hydrogen) atoms. The van der Waals surface area contributed by atoms with Gasteiger partial charge in [0.05, 0.1) is 17.2 Å². The van der Waals surface area contributed by atoms with E-state index < -0.39 is 0 Å². The maximum absolute atomic E-state index is 12.0. The van der Waals surface area contributed by atoms with Gasteiger partial charge >= 0.3 is 0 Å². The number of nitrogens with one attached hydrogen (secondary N) is 3. The van der Waals surface area contributed by atoms with Gasteiger partial charge in [-0.1, -0.05) is 11.8 Å². The second-order valence-corrected chi connectivity index (χ2v) is 6.47. The lowest BCUT2D eigenvalue weighted by atomic mass is 10.1. The molecule has 0 aromatic carbocycles. The summed E-state index contributed by atoms with van der Waals surface area (Å²) in [5.74, 6) is 6.58. The van der Waals surface area contributed by atoms with E-state index in [0.29, 0.717) is 12.6 Å². The number of carbonyl (C=O) groups excluding carboxylic acids is 1. The number of H-pyrrole nitrogens is 1. The Morgan fingerprint density at radius 1 is 1.29 bits per heavy atom. The number of hydrogen-bond donors (Lipinski definition) is 3. The molecule has 0 radical (unpaired) electrons. The van der Waals surface area contributed by atoms with E-state index in [9.17, 15) is 4.79 Å². The highest BCUT2D eigenvalue weighted by Crippen LogP contribution is 2.26. The zero-order valence-corrected chi connectivity index (χ0v) is 13.6. The van der Waals surface area contributed by atoms with Gasteiger partial charge in [-0.25, -0.2) is 0 Å². The van der Waals surface area contributed by atoms with Gasteiger partial charge in [0.2, 0.25) is 0 Å². The van der Waals surface area contributed by atoms with Gasteiger partial charge in [-0.2, -0.15) is 0 Å². The molecule has 2 atom stereocenters. The quantitative estimate of drug-likeness (QED) is 0.703. The highest BCUT2D eigenvalue weighted by Gasteiger charge is 2.21. The van der Waals surface area contributed by atoms with E-state index in [0.717, 1.165) is 47.3 Å². The first-order chi connectivity index (χ1) is 11.7. The Labute approximate surface area is 141 Å². The summed E-state index contributed by atoms with van der Waals surface area (Å²) in [6.07, 6.45) is 6.63. The minimum absolute atomic E-state index is 0.00964. The van der Waals surface area contributed by atoms with Crippen LogP contribution in [0.3, 0.4) is 0 Å². The number of amides is 1. The SMILES string of the molecule is C[C@H]1CC[C@@H](C#Cc2cnccc2-c2cc3c([nH]2)CCNC3=O)N1. The third-order valence-corrected chi connectivity index (χ3v) is 4.67. The lowest BCUT2D eigenvalue weighted by Gasteiger charge is -2.11. The van der Waals surface area contributed by atoms with E-state index >= 15 is 0 Å². The van der Waals surface area contributed by atoms with Gasteiger partial charge in [-0.15, -0.1) is 0 Å². The number of nitrogens with zero attached hydrogens (tertiary/aromatic N) is 1. The zero-order valence-electron chi connectivity index (χ0n) is 13.6. The molecule has 0 unspecified atom stereocenters. The van der Waals surface area contributed by atoms with Crippen LogP contribution in [-0.2, 0) is 6.42 Å². The fourth-order valence-electron chi connectivity index (χ4n) is 3.37. The van der Waals surface area contributed by atoms with E-state index in [1.807, 2.05) is 12.1 Å². The van der Waals surface area contributed by atoms with Crippen molar-refractivity contribution in [2.24, 2.45) is 0 Å². The van der Waals surface area contributed by atoms with E-state index in [1.54, 1.807) is 12.4 Å². The monoisotopic (exact) mass is 320 g/mol. The molecule has 3 N–H and O–H groups in total. The van der Waals surface area contributed by atoms with Crippen LogP contribution in [0.5, 0.6) is 0 Å². The van der Waals surface area contributed by atoms with Crippen LogP contribution < -0.4 is 10.6 Å². The first kappa shape index (κ1) is 15.0. The Kier molecular flexibility index (Phi) is 3.83. The molecule has 1 amide bonds. The molecule has 122 valence electrons. The standard InChI is InChI=1S/C19H20N4O/c1-12-2-4-14(22-12)5-3-13-11-20-8-6-15(13)18-10-16-17(23-18)7-9-21-19(16)24/h6,8,10-12,14,22-23H,2,4,7,9H2,1H3,(H,21,24)/t12-,14-/m0/s1. The number of aromatic amines is 1. The molecule has 5 heteroatoms. The molecule has 4 heterocycles. The van der Waals surface area contributed by atoms with E-state index in [2.05, 4.69) is 39.4 Å². The van der Waals surface area contributed by atoms with E-state index in [4.69, 9.17) is 0 Å². The van der Waals surface area contributed by atoms with Crippen molar-refractivity contribution in [2.45, 2.75) is 38.3 Å². The van der Waals surface area contributed by atoms with Gasteiger partial charge in [0.25, 0.3) is 5.91 Å². The minimum atomic E-state index is -0.00964. The van der Waals surface area contributed by atoms with Crippen molar-refractivity contribution in [1.82, 2.24) is 20.6 Å². The summed E-state index contributed by atoms with van der Waals surface area (Å²) >= 11 is 0. The van der Waals surface area contributed by atoms with E-state index in [-0.39, 0.29) is 11.9 Å². The molecule has 5 nitrogen and oxygen atoms in total. The molecule has 4 rings (SSSR count). The Bertz CT molecular complexity index is 843. The van der Waals surface area contributed by atoms with Crippen LogP contribution in [-0.4, -0.2) is 34.5 Å². The second-order valence-electron chi connectivity index (χ2n) is 6.47. The highest BCUT2D eigenvalue weighted by molar-refractivity contribution is 5.98. The number of pyridine rings is 1. The summed E-state index contributed by atoms with van der Waals surface area (Å²) in [4.78, 5) is 19.6. The van der Waals surface area contributed by atoms with Gasteiger partial charge in [-0.05, 0) is 31.9 Å². The maximum atomic E-state index is 12.0. The van der Waals surface area contributed by atoms with Crippen molar-refractivity contribution >= 4 is 5.91 Å². The van der Waals surface area contributed by atoms with Crippen LogP contribution in [0.15, 0.2) is 24.5 Å². The Balaban J connectivity index is 1.67. The van der Waals surface area contributed by atoms with Crippen molar-refractivity contribution in [3.63, 3.8) is 0 Å². The molecular formula is C19H20N4O. The maximum Gasteiger partial charge on any atom is 0.253 e. The number of aromatic nitrogens is 2. The van der Waals surface area contributed by atoms with Gasteiger partial charge in [0.15, 0.2) is 0 Å². The first-order valence-corrected chi connectivity index (χ1v) is 8.43. The summed E-state index contributed by atoms with van der Waals surface area (Å²) in [6, 6.07) is 4.64. The fraction of sp³-hybridized carbons (Fsp3) is 0.368.